The molecule has 1 aliphatic heterocycles. The second kappa shape index (κ2) is 7.74. The lowest BCUT2D eigenvalue weighted by atomic mass is 10.0. The molecule has 1 amide bonds. The summed E-state index contributed by atoms with van der Waals surface area (Å²) in [6, 6.07) is 11.3. The summed E-state index contributed by atoms with van der Waals surface area (Å²) < 4.78 is 5.27. The van der Waals surface area contributed by atoms with E-state index in [0.29, 0.717) is 17.7 Å². The second-order valence-corrected chi connectivity index (χ2v) is 6.62. The van der Waals surface area contributed by atoms with Gasteiger partial charge in [0.1, 0.15) is 11.9 Å². The van der Waals surface area contributed by atoms with Gasteiger partial charge in [0.05, 0.1) is 6.26 Å². The van der Waals surface area contributed by atoms with Gasteiger partial charge in [0.15, 0.2) is 0 Å². The Labute approximate surface area is 148 Å². The number of nitrogens with zero attached hydrogens (tertiary/aromatic N) is 2. The molecule has 25 heavy (non-hydrogen) atoms. The average molecular weight is 342 g/mol. The van der Waals surface area contributed by atoms with Crippen molar-refractivity contribution in [3.63, 3.8) is 0 Å². The fourth-order valence-electron chi connectivity index (χ4n) is 3.41. The third-order valence-electron chi connectivity index (χ3n) is 5.03. The Morgan fingerprint density at radius 1 is 1.36 bits per heavy atom. The predicted molar refractivity (Wildman–Crippen MR) is 97.7 cm³/mol. The van der Waals surface area contributed by atoms with Gasteiger partial charge in [-0.05, 0) is 56.2 Å². The molecule has 1 N–H and O–H groups in total. The number of anilines is 1. The normalized spacial score (nSPS) is 18.4. The average Bonchev–Trinajstić information content (AvgIpc) is 3.32. The molecule has 1 fully saturated rings. The number of rotatable bonds is 6. The van der Waals surface area contributed by atoms with Gasteiger partial charge in [0.25, 0.3) is 5.91 Å². The Bertz CT molecular complexity index is 681. The summed E-state index contributed by atoms with van der Waals surface area (Å²) in [4.78, 5) is 16.9. The molecule has 2 unspecified atom stereocenters. The number of carbonyl (C=O) groups excluding carboxylic acids is 1. The summed E-state index contributed by atoms with van der Waals surface area (Å²) in [5, 5.41) is 10.3. The molecule has 2 atom stereocenters. The van der Waals surface area contributed by atoms with Gasteiger partial charge in [-0.3, -0.25) is 4.79 Å². The third-order valence-corrected chi connectivity index (χ3v) is 5.03. The minimum atomic E-state index is -0.672. The van der Waals surface area contributed by atoms with Crippen LogP contribution >= 0.6 is 0 Å². The van der Waals surface area contributed by atoms with Crippen LogP contribution in [0.2, 0.25) is 0 Å². The number of aliphatic hydroxyl groups excluding tert-OH is 1. The molecule has 1 aromatic heterocycles. The van der Waals surface area contributed by atoms with Crippen LogP contribution in [0.15, 0.2) is 47.1 Å². The van der Waals surface area contributed by atoms with Gasteiger partial charge >= 0.3 is 0 Å². The lowest BCUT2D eigenvalue weighted by molar-refractivity contribution is 0.0641. The van der Waals surface area contributed by atoms with Crippen LogP contribution in [0.4, 0.5) is 5.69 Å². The Balaban J connectivity index is 1.68. The van der Waals surface area contributed by atoms with Gasteiger partial charge in [-0.1, -0.05) is 0 Å². The summed E-state index contributed by atoms with van der Waals surface area (Å²) in [5.41, 5.74) is 1.80. The maximum Gasteiger partial charge on any atom is 0.254 e. The summed E-state index contributed by atoms with van der Waals surface area (Å²) in [7, 11) is 2.03. The highest BCUT2D eigenvalue weighted by Gasteiger charge is 2.31. The van der Waals surface area contributed by atoms with Gasteiger partial charge in [0, 0.05) is 43.9 Å². The van der Waals surface area contributed by atoms with Crippen molar-refractivity contribution in [3.8, 4) is 0 Å². The second-order valence-electron chi connectivity index (χ2n) is 6.62. The van der Waals surface area contributed by atoms with Crippen LogP contribution in [-0.4, -0.2) is 42.1 Å². The number of amides is 1. The zero-order valence-electron chi connectivity index (χ0n) is 14.9. The number of aliphatic hydroxyl groups is 1. The maximum atomic E-state index is 12.9. The van der Waals surface area contributed by atoms with Crippen molar-refractivity contribution in [2.45, 2.75) is 38.3 Å². The first-order valence-electron chi connectivity index (χ1n) is 8.93. The fourth-order valence-corrected chi connectivity index (χ4v) is 3.41. The van der Waals surface area contributed by atoms with Crippen LogP contribution in [0.3, 0.4) is 0 Å². The Hall–Kier alpha value is -2.27. The topological polar surface area (TPSA) is 56.9 Å². The predicted octanol–water partition coefficient (Wildman–Crippen LogP) is 3.46. The van der Waals surface area contributed by atoms with Crippen LogP contribution in [-0.2, 0) is 0 Å². The van der Waals surface area contributed by atoms with Crippen molar-refractivity contribution < 1.29 is 14.3 Å². The fraction of sp³-hybridized carbons (Fsp3) is 0.450. The van der Waals surface area contributed by atoms with Gasteiger partial charge in [-0.25, -0.2) is 0 Å². The first-order valence-corrected chi connectivity index (χ1v) is 8.93. The lowest BCUT2D eigenvalue weighted by Gasteiger charge is -2.26. The first kappa shape index (κ1) is 17.5. The molecule has 0 saturated carbocycles. The molecule has 5 nitrogen and oxygen atoms in total. The van der Waals surface area contributed by atoms with E-state index in [1.165, 1.54) is 0 Å². The van der Waals surface area contributed by atoms with E-state index in [2.05, 4.69) is 11.8 Å². The Morgan fingerprint density at radius 3 is 2.76 bits per heavy atom. The molecule has 134 valence electrons. The SMILES string of the molecule is CCN(C)c1ccc(C(=O)N2CCCC2CC(O)c2ccco2)cc1. The summed E-state index contributed by atoms with van der Waals surface area (Å²) in [6.45, 7) is 3.76. The molecule has 0 bridgehead atoms. The minimum Gasteiger partial charge on any atom is -0.467 e. The molecular weight excluding hydrogens is 316 g/mol. The summed E-state index contributed by atoms with van der Waals surface area (Å²) in [6.07, 6.45) is 3.29. The van der Waals surface area contributed by atoms with Crippen LogP contribution in [0.1, 0.15) is 48.4 Å². The monoisotopic (exact) mass is 342 g/mol. The zero-order valence-corrected chi connectivity index (χ0v) is 14.9. The summed E-state index contributed by atoms with van der Waals surface area (Å²) in [5.74, 6) is 0.603. The van der Waals surface area contributed by atoms with Crippen LogP contribution in [0.5, 0.6) is 0 Å². The number of likely N-dealkylation sites (tertiary alicyclic amines) is 1. The quantitative estimate of drug-likeness (QED) is 0.873. The van der Waals surface area contributed by atoms with E-state index in [1.807, 2.05) is 36.2 Å². The number of hydrogen-bond donors (Lipinski definition) is 1. The largest absolute Gasteiger partial charge is 0.467 e. The van der Waals surface area contributed by atoms with Crippen LogP contribution in [0, 0.1) is 0 Å². The summed E-state index contributed by atoms with van der Waals surface area (Å²) >= 11 is 0. The molecule has 1 aliphatic rings. The van der Waals surface area contributed by atoms with Gasteiger partial charge in [-0.15, -0.1) is 0 Å². The standard InChI is InChI=1S/C20H26N2O3/c1-3-21(2)16-10-8-15(9-11-16)20(24)22-12-4-6-17(22)14-18(23)19-7-5-13-25-19/h5,7-11,13,17-18,23H,3-4,6,12,14H2,1-2H3. The molecule has 0 radical (unpaired) electrons. The highest BCUT2D eigenvalue weighted by Crippen LogP contribution is 2.29. The maximum absolute atomic E-state index is 12.9. The van der Waals surface area contributed by atoms with E-state index in [1.54, 1.807) is 18.4 Å². The highest BCUT2D eigenvalue weighted by atomic mass is 16.4. The van der Waals surface area contributed by atoms with E-state index in [-0.39, 0.29) is 11.9 Å². The first-order chi connectivity index (χ1) is 12.1. The van der Waals surface area contributed by atoms with Crippen molar-refractivity contribution in [3.05, 3.63) is 54.0 Å². The van der Waals surface area contributed by atoms with Crippen molar-refractivity contribution in [2.75, 3.05) is 25.0 Å². The Kier molecular flexibility index (Phi) is 5.43. The molecule has 0 aliphatic carbocycles. The molecule has 3 rings (SSSR count). The highest BCUT2D eigenvalue weighted by molar-refractivity contribution is 5.95. The number of benzene rings is 1. The zero-order chi connectivity index (χ0) is 17.8. The smallest absolute Gasteiger partial charge is 0.254 e. The third kappa shape index (κ3) is 3.87. The number of carbonyl (C=O) groups is 1. The molecule has 2 aromatic rings. The molecule has 1 aromatic carbocycles. The molecule has 0 spiro atoms. The van der Waals surface area contributed by atoms with Crippen molar-refractivity contribution in [1.29, 1.82) is 0 Å². The van der Waals surface area contributed by atoms with E-state index in [0.717, 1.165) is 31.6 Å². The molecule has 2 heterocycles. The lowest BCUT2D eigenvalue weighted by Crippen LogP contribution is -2.36. The van der Waals surface area contributed by atoms with Crippen molar-refractivity contribution in [1.82, 2.24) is 4.90 Å². The van der Waals surface area contributed by atoms with Crippen molar-refractivity contribution >= 4 is 11.6 Å². The van der Waals surface area contributed by atoms with Gasteiger partial charge in [-0.2, -0.15) is 0 Å². The van der Waals surface area contributed by atoms with Gasteiger partial charge in [0.2, 0.25) is 0 Å². The molecule has 5 heteroatoms. The van der Waals surface area contributed by atoms with Crippen molar-refractivity contribution in [2.24, 2.45) is 0 Å². The van der Waals surface area contributed by atoms with E-state index in [4.69, 9.17) is 4.42 Å². The Morgan fingerprint density at radius 2 is 2.12 bits per heavy atom. The number of furan rings is 1. The van der Waals surface area contributed by atoms with Crippen LogP contribution < -0.4 is 4.90 Å². The minimum absolute atomic E-state index is 0.0415. The van der Waals surface area contributed by atoms with E-state index in [9.17, 15) is 9.90 Å². The molecule has 1 saturated heterocycles. The van der Waals surface area contributed by atoms with Gasteiger partial charge < -0.3 is 19.3 Å². The van der Waals surface area contributed by atoms with Crippen LogP contribution in [0.25, 0.3) is 0 Å². The molecular formula is C20H26N2O3. The van der Waals surface area contributed by atoms with E-state index < -0.39 is 6.10 Å². The number of hydrogen-bond acceptors (Lipinski definition) is 4. The van der Waals surface area contributed by atoms with E-state index >= 15 is 0 Å².